The first-order chi connectivity index (χ1) is 9.29. The van der Waals surface area contributed by atoms with Crippen LogP contribution in [0.25, 0.3) is 0 Å². The number of rotatable bonds is 3. The average molecular weight is 487 g/mol. The molecular weight excluding hydrogens is 480 g/mol. The Balaban J connectivity index is 2.43. The minimum atomic E-state index is -3.85. The van der Waals surface area contributed by atoms with Gasteiger partial charge in [-0.05, 0) is 50.1 Å². The third kappa shape index (κ3) is 3.48. The van der Waals surface area contributed by atoms with Crippen LogP contribution < -0.4 is 10.5 Å². The van der Waals surface area contributed by atoms with Crippen LogP contribution >= 0.6 is 47.8 Å². The van der Waals surface area contributed by atoms with Gasteiger partial charge in [0.2, 0.25) is 0 Å². The molecule has 10 heteroatoms. The molecule has 2 rings (SSSR count). The van der Waals surface area contributed by atoms with E-state index in [1.165, 1.54) is 18.3 Å². The lowest BCUT2D eigenvalue weighted by molar-refractivity contribution is 0.601. The van der Waals surface area contributed by atoms with Gasteiger partial charge in [-0.1, -0.05) is 15.9 Å². The van der Waals surface area contributed by atoms with Crippen molar-refractivity contribution >= 4 is 69.3 Å². The highest BCUT2D eigenvalue weighted by Gasteiger charge is 2.20. The molecule has 3 N–H and O–H groups in total. The molecule has 1 heterocycles. The topological polar surface area (TPSA) is 98.0 Å². The van der Waals surface area contributed by atoms with Gasteiger partial charge in [-0.3, -0.25) is 4.72 Å². The molecule has 0 bridgehead atoms. The van der Waals surface area contributed by atoms with E-state index in [9.17, 15) is 8.42 Å². The molecule has 0 fully saturated rings. The van der Waals surface area contributed by atoms with Gasteiger partial charge in [0.1, 0.15) is 9.50 Å². The van der Waals surface area contributed by atoms with Gasteiger partial charge < -0.3 is 5.73 Å². The van der Waals surface area contributed by atoms with Crippen molar-refractivity contribution in [3.8, 4) is 0 Å². The van der Waals surface area contributed by atoms with Crippen molar-refractivity contribution in [1.29, 1.82) is 0 Å². The maximum atomic E-state index is 12.3. The van der Waals surface area contributed by atoms with Crippen LogP contribution in [0, 0.1) is 0 Å². The minimum absolute atomic E-state index is 0.0384. The summed E-state index contributed by atoms with van der Waals surface area (Å²) in [6.07, 6.45) is 1.38. The number of halogens is 3. The highest BCUT2D eigenvalue weighted by atomic mass is 79.9. The monoisotopic (exact) mass is 484 g/mol. The number of hydrogen-bond acceptors (Lipinski definition) is 5. The Labute approximate surface area is 140 Å². The van der Waals surface area contributed by atoms with E-state index in [1.54, 1.807) is 6.07 Å². The number of nitrogens with two attached hydrogens (primary N) is 1. The van der Waals surface area contributed by atoms with Crippen molar-refractivity contribution in [1.82, 2.24) is 9.97 Å². The maximum Gasteiger partial charge on any atom is 0.265 e. The van der Waals surface area contributed by atoms with E-state index in [0.29, 0.717) is 9.08 Å². The van der Waals surface area contributed by atoms with Crippen molar-refractivity contribution in [2.24, 2.45) is 0 Å². The van der Waals surface area contributed by atoms with Crippen LogP contribution in [-0.4, -0.2) is 18.4 Å². The molecular formula is C10H7Br3N4O2S. The first-order valence-electron chi connectivity index (χ1n) is 5.05. The number of sulfonamides is 1. The molecule has 0 spiro atoms. The van der Waals surface area contributed by atoms with Crippen LogP contribution in [0.3, 0.4) is 0 Å². The smallest absolute Gasteiger partial charge is 0.265 e. The van der Waals surface area contributed by atoms with E-state index in [1.807, 2.05) is 0 Å². The largest absolute Gasteiger partial charge is 0.398 e. The van der Waals surface area contributed by atoms with Crippen LogP contribution in [0.2, 0.25) is 0 Å². The lowest BCUT2D eigenvalue weighted by atomic mass is 10.3. The normalized spacial score (nSPS) is 11.3. The zero-order valence-corrected chi connectivity index (χ0v) is 15.2. The van der Waals surface area contributed by atoms with Crippen LogP contribution in [0.1, 0.15) is 0 Å². The van der Waals surface area contributed by atoms with Crippen molar-refractivity contribution in [2.45, 2.75) is 4.90 Å². The van der Waals surface area contributed by atoms with E-state index >= 15 is 0 Å². The fourth-order valence-electron chi connectivity index (χ4n) is 1.34. The predicted octanol–water partition coefficient (Wildman–Crippen LogP) is 3.15. The molecule has 0 radical (unpaired) electrons. The lowest BCUT2D eigenvalue weighted by Gasteiger charge is -2.10. The van der Waals surface area contributed by atoms with E-state index in [4.69, 9.17) is 5.73 Å². The maximum absolute atomic E-state index is 12.3. The fraction of sp³-hybridized carbons (Fsp3) is 0. The Morgan fingerprint density at radius 3 is 2.55 bits per heavy atom. The molecule has 0 aliphatic rings. The third-order valence-electron chi connectivity index (χ3n) is 2.20. The molecule has 0 aliphatic carbocycles. The first kappa shape index (κ1) is 15.7. The number of benzene rings is 1. The van der Waals surface area contributed by atoms with Gasteiger partial charge in [-0.25, -0.2) is 18.4 Å². The van der Waals surface area contributed by atoms with Gasteiger partial charge in [0, 0.05) is 4.47 Å². The molecule has 0 unspecified atom stereocenters. The molecule has 0 aliphatic heterocycles. The molecule has 6 nitrogen and oxygen atoms in total. The number of hydrogen-bond donors (Lipinski definition) is 2. The quantitative estimate of drug-likeness (QED) is 0.649. The van der Waals surface area contributed by atoms with Gasteiger partial charge in [-0.2, -0.15) is 0 Å². The van der Waals surface area contributed by atoms with E-state index in [2.05, 4.69) is 62.5 Å². The van der Waals surface area contributed by atoms with Gasteiger partial charge in [0.15, 0.2) is 10.4 Å². The second kappa shape index (κ2) is 5.96. The molecule has 0 saturated heterocycles. The van der Waals surface area contributed by atoms with E-state index < -0.39 is 10.0 Å². The van der Waals surface area contributed by atoms with Crippen molar-refractivity contribution < 1.29 is 8.42 Å². The zero-order valence-electron chi connectivity index (χ0n) is 9.64. The number of anilines is 2. The summed E-state index contributed by atoms with van der Waals surface area (Å²) in [5, 5.41) is 0. The van der Waals surface area contributed by atoms with E-state index in [-0.39, 0.29) is 21.0 Å². The van der Waals surface area contributed by atoms with Gasteiger partial charge in [0.05, 0.1) is 11.9 Å². The molecule has 1 aromatic carbocycles. The second-order valence-electron chi connectivity index (χ2n) is 3.62. The Bertz CT molecular complexity index is 767. The summed E-state index contributed by atoms with van der Waals surface area (Å²) in [5.74, 6) is 0.0765. The summed E-state index contributed by atoms with van der Waals surface area (Å²) in [7, 11) is -3.85. The Morgan fingerprint density at radius 2 is 1.90 bits per heavy atom. The Kier molecular flexibility index (Phi) is 4.67. The standard InChI is InChI=1S/C10H7Br3N4O2S/c11-5-1-2-6(14)7(3-5)20(18,19)17-10-9(13)16-8(12)4-15-10/h1-4H,14H2,(H,15,17). The summed E-state index contributed by atoms with van der Waals surface area (Å²) in [5.41, 5.74) is 5.84. The number of nitrogens with zero attached hydrogens (tertiary/aromatic N) is 2. The average Bonchev–Trinajstić information content (AvgIpc) is 2.35. The molecule has 1 aromatic heterocycles. The summed E-state index contributed by atoms with van der Waals surface area (Å²) in [4.78, 5) is 7.90. The minimum Gasteiger partial charge on any atom is -0.398 e. The fourth-order valence-corrected chi connectivity index (χ4v) is 4.07. The molecule has 0 amide bonds. The highest BCUT2D eigenvalue weighted by Crippen LogP contribution is 2.27. The first-order valence-corrected chi connectivity index (χ1v) is 8.92. The molecule has 0 atom stereocenters. The Hall–Kier alpha value is -0.710. The van der Waals surface area contributed by atoms with Gasteiger partial charge in [-0.15, -0.1) is 0 Å². The predicted molar refractivity (Wildman–Crippen MR) is 86.8 cm³/mol. The summed E-state index contributed by atoms with van der Waals surface area (Å²) >= 11 is 9.48. The zero-order chi connectivity index (χ0) is 14.9. The van der Waals surface area contributed by atoms with Crippen LogP contribution in [0.5, 0.6) is 0 Å². The van der Waals surface area contributed by atoms with Gasteiger partial charge >= 0.3 is 0 Å². The third-order valence-corrected chi connectivity index (χ3v) is 5.02. The summed E-state index contributed by atoms with van der Waals surface area (Å²) < 4.78 is 28.3. The summed E-state index contributed by atoms with van der Waals surface area (Å²) in [6.45, 7) is 0. The molecule has 0 saturated carbocycles. The Morgan fingerprint density at radius 1 is 1.20 bits per heavy atom. The van der Waals surface area contributed by atoms with Crippen LogP contribution in [-0.2, 0) is 10.0 Å². The number of aromatic nitrogens is 2. The number of nitrogen functional groups attached to an aromatic ring is 1. The summed E-state index contributed by atoms with van der Waals surface area (Å²) in [6, 6.07) is 4.57. The SMILES string of the molecule is Nc1ccc(Br)cc1S(=O)(=O)Nc1ncc(Br)nc1Br. The molecule has 20 heavy (non-hydrogen) atoms. The van der Waals surface area contributed by atoms with Crippen molar-refractivity contribution in [3.63, 3.8) is 0 Å². The number of nitrogens with one attached hydrogen (secondary N) is 1. The molecule has 106 valence electrons. The van der Waals surface area contributed by atoms with Crippen molar-refractivity contribution in [2.75, 3.05) is 10.5 Å². The van der Waals surface area contributed by atoms with Crippen LogP contribution in [0.4, 0.5) is 11.5 Å². The van der Waals surface area contributed by atoms with Gasteiger partial charge in [0.25, 0.3) is 10.0 Å². The lowest BCUT2D eigenvalue weighted by Crippen LogP contribution is -2.16. The second-order valence-corrected chi connectivity index (χ2v) is 7.75. The van der Waals surface area contributed by atoms with Crippen molar-refractivity contribution in [3.05, 3.63) is 38.1 Å². The molecule has 2 aromatic rings. The highest BCUT2D eigenvalue weighted by molar-refractivity contribution is 9.11. The van der Waals surface area contributed by atoms with Crippen LogP contribution in [0.15, 0.2) is 43.0 Å². The van der Waals surface area contributed by atoms with E-state index in [0.717, 1.165) is 0 Å².